The van der Waals surface area contributed by atoms with Gasteiger partial charge in [-0.1, -0.05) is 59.6 Å². The molecule has 0 aliphatic carbocycles. The van der Waals surface area contributed by atoms with E-state index in [2.05, 4.69) is 4.90 Å². The lowest BCUT2D eigenvalue weighted by molar-refractivity contribution is -0.148. The molecule has 2 aromatic rings. The molecule has 0 unspecified atom stereocenters. The number of carbonyl (C=O) groups excluding carboxylic acids is 2. The number of halogens is 2. The maximum absolute atomic E-state index is 13.3. The van der Waals surface area contributed by atoms with Gasteiger partial charge in [-0.05, 0) is 36.1 Å². The fourth-order valence-electron chi connectivity index (χ4n) is 5.02. The zero-order chi connectivity index (χ0) is 33.0. The van der Waals surface area contributed by atoms with Gasteiger partial charge in [0.05, 0.1) is 75.4 Å². The topological polar surface area (TPSA) is 96.0 Å². The number of esters is 1. The van der Waals surface area contributed by atoms with Crippen LogP contribution in [0, 0.1) is 0 Å². The number of benzene rings is 2. The summed E-state index contributed by atoms with van der Waals surface area (Å²) in [6.07, 6.45) is 1.69. The van der Waals surface area contributed by atoms with Crippen LogP contribution in [0.4, 0.5) is 0 Å². The van der Waals surface area contributed by atoms with Gasteiger partial charge in [-0.2, -0.15) is 0 Å². The number of methoxy groups -OCH3 is 1. The Hall–Kier alpha value is -2.28. The molecule has 0 N–H and O–H groups in total. The summed E-state index contributed by atoms with van der Waals surface area (Å²) < 4.78 is 32.5. The van der Waals surface area contributed by atoms with Crippen LogP contribution in [0.1, 0.15) is 36.4 Å². The summed E-state index contributed by atoms with van der Waals surface area (Å²) in [5.41, 5.74) is 1.86. The molecular weight excluding hydrogens is 635 g/mol. The first kappa shape index (κ1) is 38.2. The van der Waals surface area contributed by atoms with Crippen LogP contribution in [0.3, 0.4) is 0 Å². The van der Waals surface area contributed by atoms with Crippen molar-refractivity contribution in [2.75, 3.05) is 93.3 Å². The first-order valence-corrected chi connectivity index (χ1v) is 16.6. The second-order valence-electron chi connectivity index (χ2n) is 11.1. The van der Waals surface area contributed by atoms with Gasteiger partial charge >= 0.3 is 5.97 Å². The van der Waals surface area contributed by atoms with Crippen molar-refractivity contribution in [3.8, 4) is 0 Å². The Morgan fingerprint density at radius 2 is 1.50 bits per heavy atom. The average molecular weight is 684 g/mol. The number of rotatable bonds is 23. The van der Waals surface area contributed by atoms with Crippen LogP contribution in [0.5, 0.6) is 0 Å². The maximum Gasteiger partial charge on any atom is 0.306 e. The quantitative estimate of drug-likeness (QED) is 0.120. The first-order chi connectivity index (χ1) is 22.4. The van der Waals surface area contributed by atoms with Crippen molar-refractivity contribution in [1.29, 1.82) is 0 Å². The van der Waals surface area contributed by atoms with Crippen molar-refractivity contribution >= 4 is 35.1 Å². The lowest BCUT2D eigenvalue weighted by Crippen LogP contribution is -2.39. The molecule has 0 aromatic heterocycles. The van der Waals surface area contributed by atoms with E-state index in [1.807, 2.05) is 43.4 Å². The number of hydrogen-bond donors (Lipinski definition) is 0. The van der Waals surface area contributed by atoms with Crippen molar-refractivity contribution in [2.24, 2.45) is 0 Å². The van der Waals surface area contributed by atoms with Crippen molar-refractivity contribution in [2.45, 2.75) is 37.8 Å². The van der Waals surface area contributed by atoms with Gasteiger partial charge in [0, 0.05) is 46.8 Å². The molecule has 1 heterocycles. The molecule has 12 heteroatoms. The minimum Gasteiger partial charge on any atom is -0.461 e. The number of carbonyl (C=O) groups is 2. The van der Waals surface area contributed by atoms with Crippen LogP contribution in [0.2, 0.25) is 10.0 Å². The van der Waals surface area contributed by atoms with Gasteiger partial charge in [0.15, 0.2) is 0 Å². The Bertz CT molecular complexity index is 1160. The van der Waals surface area contributed by atoms with Gasteiger partial charge in [-0.25, -0.2) is 0 Å². The zero-order valence-corrected chi connectivity index (χ0v) is 28.5. The van der Waals surface area contributed by atoms with E-state index in [-0.39, 0.29) is 30.4 Å². The molecule has 0 radical (unpaired) electrons. The highest BCUT2D eigenvalue weighted by atomic mass is 35.5. The van der Waals surface area contributed by atoms with Gasteiger partial charge in [0.2, 0.25) is 5.91 Å². The summed E-state index contributed by atoms with van der Waals surface area (Å²) in [5.74, 6) is -0.239. The second kappa shape index (κ2) is 22.3. The van der Waals surface area contributed by atoms with E-state index in [0.717, 1.165) is 24.1 Å². The first-order valence-electron chi connectivity index (χ1n) is 15.8. The molecule has 0 bridgehead atoms. The molecule has 3 rings (SSSR count). The average Bonchev–Trinajstić information content (AvgIpc) is 3.50. The van der Waals surface area contributed by atoms with Crippen LogP contribution in [0.25, 0.3) is 0 Å². The molecule has 1 saturated heterocycles. The van der Waals surface area contributed by atoms with Gasteiger partial charge in [0.1, 0.15) is 6.10 Å². The molecule has 46 heavy (non-hydrogen) atoms. The maximum atomic E-state index is 13.3. The number of hydrogen-bond acceptors (Lipinski definition) is 9. The van der Waals surface area contributed by atoms with E-state index in [1.165, 1.54) is 0 Å². The number of likely N-dealkylation sites (tertiary alicyclic amines) is 1. The minimum absolute atomic E-state index is 0.0206. The van der Waals surface area contributed by atoms with E-state index in [4.69, 9.17) is 51.6 Å². The molecule has 256 valence electrons. The van der Waals surface area contributed by atoms with Crippen LogP contribution in [0.15, 0.2) is 48.5 Å². The molecule has 0 spiro atoms. The van der Waals surface area contributed by atoms with Gasteiger partial charge < -0.3 is 33.3 Å². The van der Waals surface area contributed by atoms with E-state index in [1.54, 1.807) is 24.1 Å². The molecule has 1 aliphatic rings. The smallest absolute Gasteiger partial charge is 0.306 e. The number of ether oxygens (including phenoxy) is 6. The number of amides is 1. The van der Waals surface area contributed by atoms with Crippen LogP contribution >= 0.6 is 23.2 Å². The second-order valence-corrected chi connectivity index (χ2v) is 11.9. The fourth-order valence-corrected chi connectivity index (χ4v) is 5.34. The van der Waals surface area contributed by atoms with E-state index < -0.39 is 0 Å². The summed E-state index contributed by atoms with van der Waals surface area (Å²) in [7, 11) is 3.47. The molecule has 1 aliphatic heterocycles. The van der Waals surface area contributed by atoms with Crippen molar-refractivity contribution in [1.82, 2.24) is 9.80 Å². The third kappa shape index (κ3) is 14.6. The zero-order valence-electron chi connectivity index (χ0n) is 27.0. The molecule has 2 aromatic carbocycles. The Labute approximate surface area is 283 Å². The number of likely N-dealkylation sites (N-methyl/N-ethyl adjacent to an activating group) is 1. The standard InChI is InChI=1S/C34H48Cl2N2O8/c1-37(33(39)24-27-10-11-30(35)31(36)23-27)32(28-7-4-3-5-8-28)26-38-13-12-29(25-38)46-34(40)9-6-14-42-17-18-44-21-22-45-20-19-43-16-15-41-2/h3-5,7-8,10-11,23,29,32H,6,9,12-22,24-26H2,1-2H3/t29-,32+/m0/s1. The third-order valence-electron chi connectivity index (χ3n) is 7.56. The van der Waals surface area contributed by atoms with E-state index in [0.29, 0.717) is 95.4 Å². The summed E-state index contributed by atoms with van der Waals surface area (Å²) in [5, 5.41) is 0.889. The van der Waals surface area contributed by atoms with E-state index in [9.17, 15) is 9.59 Å². The molecular formula is C34H48Cl2N2O8. The van der Waals surface area contributed by atoms with Crippen molar-refractivity contribution < 1.29 is 38.0 Å². The molecule has 0 saturated carbocycles. The SMILES string of the molecule is COCCOCCOCCOCCOCCCC(=O)O[C@H]1CCN(C[C@H](c2ccccc2)N(C)C(=O)Cc2ccc(Cl)c(Cl)c2)C1. The Kier molecular flexibility index (Phi) is 18.5. The largest absolute Gasteiger partial charge is 0.461 e. The van der Waals surface area contributed by atoms with Gasteiger partial charge in [0.25, 0.3) is 0 Å². The van der Waals surface area contributed by atoms with Gasteiger partial charge in [-0.3, -0.25) is 14.5 Å². The predicted molar refractivity (Wildman–Crippen MR) is 177 cm³/mol. The monoisotopic (exact) mass is 682 g/mol. The Balaban J connectivity index is 1.30. The Morgan fingerprint density at radius 1 is 0.870 bits per heavy atom. The molecule has 1 amide bonds. The number of nitrogens with zero attached hydrogens (tertiary/aromatic N) is 2. The summed E-state index contributed by atoms with van der Waals surface area (Å²) in [4.78, 5) is 29.8. The van der Waals surface area contributed by atoms with Crippen molar-refractivity contribution in [3.63, 3.8) is 0 Å². The summed E-state index contributed by atoms with van der Waals surface area (Å²) in [6.45, 7) is 6.62. The lowest BCUT2D eigenvalue weighted by Gasteiger charge is -2.32. The summed E-state index contributed by atoms with van der Waals surface area (Å²) >= 11 is 12.2. The minimum atomic E-state index is -0.219. The Morgan fingerprint density at radius 3 is 2.13 bits per heavy atom. The highest BCUT2D eigenvalue weighted by Gasteiger charge is 2.30. The van der Waals surface area contributed by atoms with Gasteiger partial charge in [-0.15, -0.1) is 0 Å². The van der Waals surface area contributed by atoms with Crippen LogP contribution in [-0.4, -0.2) is 121 Å². The predicted octanol–water partition coefficient (Wildman–Crippen LogP) is 4.85. The van der Waals surface area contributed by atoms with Crippen LogP contribution in [-0.2, 0) is 44.4 Å². The van der Waals surface area contributed by atoms with E-state index >= 15 is 0 Å². The third-order valence-corrected chi connectivity index (χ3v) is 8.30. The fraction of sp³-hybridized carbons (Fsp3) is 0.588. The molecule has 1 fully saturated rings. The van der Waals surface area contributed by atoms with Crippen molar-refractivity contribution in [3.05, 3.63) is 69.7 Å². The lowest BCUT2D eigenvalue weighted by atomic mass is 10.0. The van der Waals surface area contributed by atoms with Crippen LogP contribution < -0.4 is 0 Å². The normalized spacial score (nSPS) is 15.6. The highest BCUT2D eigenvalue weighted by Crippen LogP contribution is 2.26. The highest BCUT2D eigenvalue weighted by molar-refractivity contribution is 6.42. The summed E-state index contributed by atoms with van der Waals surface area (Å²) in [6, 6.07) is 15.1. The molecule has 10 nitrogen and oxygen atoms in total. The molecule has 2 atom stereocenters.